The molecule has 2 aliphatic carbocycles. The molecule has 0 aliphatic heterocycles. The summed E-state index contributed by atoms with van der Waals surface area (Å²) < 4.78 is 0. The van der Waals surface area contributed by atoms with Crippen molar-refractivity contribution >= 4 is 11.3 Å². The second-order valence-corrected chi connectivity index (χ2v) is 7.33. The normalized spacial score (nSPS) is 32.0. The first-order valence-corrected chi connectivity index (χ1v) is 8.43. The second-order valence-electron chi connectivity index (χ2n) is 6.21. The van der Waals surface area contributed by atoms with Crippen molar-refractivity contribution in [1.29, 1.82) is 0 Å². The van der Waals surface area contributed by atoms with Gasteiger partial charge >= 0.3 is 0 Å². The summed E-state index contributed by atoms with van der Waals surface area (Å²) in [6.07, 6.45) is 7.44. The molecule has 2 heteroatoms. The van der Waals surface area contributed by atoms with Gasteiger partial charge in [0.25, 0.3) is 0 Å². The van der Waals surface area contributed by atoms with E-state index >= 15 is 0 Å². The number of thiophene rings is 1. The van der Waals surface area contributed by atoms with E-state index in [4.69, 9.17) is 0 Å². The van der Waals surface area contributed by atoms with Crippen LogP contribution >= 0.6 is 11.3 Å². The summed E-state index contributed by atoms with van der Waals surface area (Å²) in [5, 5.41) is 5.96. The van der Waals surface area contributed by atoms with Gasteiger partial charge in [-0.15, -0.1) is 11.3 Å². The summed E-state index contributed by atoms with van der Waals surface area (Å²) in [5.41, 5.74) is 1.56. The molecule has 4 atom stereocenters. The maximum Gasteiger partial charge on any atom is 0.0333 e. The summed E-state index contributed by atoms with van der Waals surface area (Å²) in [5.74, 6) is 3.12. The van der Waals surface area contributed by atoms with Gasteiger partial charge in [0.1, 0.15) is 0 Å². The van der Waals surface area contributed by atoms with Gasteiger partial charge < -0.3 is 5.32 Å². The van der Waals surface area contributed by atoms with Crippen molar-refractivity contribution in [3.63, 3.8) is 0 Å². The molecule has 2 fully saturated rings. The van der Waals surface area contributed by atoms with E-state index < -0.39 is 0 Å². The molecular formula is C16H25NS. The van der Waals surface area contributed by atoms with Crippen molar-refractivity contribution in [2.24, 2.45) is 17.8 Å². The Labute approximate surface area is 115 Å². The molecule has 1 N–H and O–H groups in total. The van der Waals surface area contributed by atoms with Crippen LogP contribution in [0.5, 0.6) is 0 Å². The summed E-state index contributed by atoms with van der Waals surface area (Å²) in [6.45, 7) is 5.58. The largest absolute Gasteiger partial charge is 0.310 e. The second kappa shape index (κ2) is 5.34. The first-order valence-electron chi connectivity index (χ1n) is 7.55. The van der Waals surface area contributed by atoms with Crippen LogP contribution in [0.4, 0.5) is 0 Å². The lowest BCUT2D eigenvalue weighted by atomic mass is 9.83. The van der Waals surface area contributed by atoms with Gasteiger partial charge in [-0.25, -0.2) is 0 Å². The van der Waals surface area contributed by atoms with Gasteiger partial charge in [0.15, 0.2) is 0 Å². The smallest absolute Gasteiger partial charge is 0.0333 e. The predicted octanol–water partition coefficient (Wildman–Crippen LogP) is 4.53. The molecule has 1 aromatic rings. The molecule has 2 saturated carbocycles. The van der Waals surface area contributed by atoms with E-state index in [1.165, 1.54) is 37.0 Å². The van der Waals surface area contributed by atoms with Crippen molar-refractivity contribution in [2.45, 2.75) is 52.0 Å². The number of nitrogens with one attached hydrogen (secondary N) is 1. The Hall–Kier alpha value is -0.340. The Morgan fingerprint density at radius 3 is 2.83 bits per heavy atom. The Balaban J connectivity index is 1.69. The molecule has 3 rings (SSSR count). The molecule has 1 nitrogen and oxygen atoms in total. The predicted molar refractivity (Wildman–Crippen MR) is 79.0 cm³/mol. The number of fused-ring (bicyclic) bond motifs is 2. The highest BCUT2D eigenvalue weighted by Crippen LogP contribution is 2.51. The highest BCUT2D eigenvalue weighted by molar-refractivity contribution is 7.10. The number of hydrogen-bond acceptors (Lipinski definition) is 2. The lowest BCUT2D eigenvalue weighted by Crippen LogP contribution is -2.25. The van der Waals surface area contributed by atoms with Crippen molar-refractivity contribution < 1.29 is 0 Å². The molecule has 1 heterocycles. The van der Waals surface area contributed by atoms with E-state index in [9.17, 15) is 0 Å². The Morgan fingerprint density at radius 1 is 1.39 bits per heavy atom. The molecule has 1 aromatic heterocycles. The van der Waals surface area contributed by atoms with Gasteiger partial charge in [0.05, 0.1) is 0 Å². The van der Waals surface area contributed by atoms with E-state index in [2.05, 4.69) is 30.6 Å². The van der Waals surface area contributed by atoms with E-state index in [-0.39, 0.29) is 0 Å². The van der Waals surface area contributed by atoms with Crippen molar-refractivity contribution in [3.05, 3.63) is 21.9 Å². The zero-order valence-electron chi connectivity index (χ0n) is 11.6. The average Bonchev–Trinajstić information content (AvgIpc) is 3.04. The molecule has 0 saturated heterocycles. The van der Waals surface area contributed by atoms with E-state index in [0.29, 0.717) is 6.04 Å². The highest BCUT2D eigenvalue weighted by atomic mass is 32.1. The van der Waals surface area contributed by atoms with Crippen LogP contribution in [-0.4, -0.2) is 6.54 Å². The first kappa shape index (κ1) is 12.7. The van der Waals surface area contributed by atoms with Crippen LogP contribution < -0.4 is 5.32 Å². The topological polar surface area (TPSA) is 12.0 Å². The monoisotopic (exact) mass is 263 g/mol. The van der Waals surface area contributed by atoms with Crippen molar-refractivity contribution in [3.8, 4) is 0 Å². The van der Waals surface area contributed by atoms with Crippen LogP contribution in [0.15, 0.2) is 11.4 Å². The molecule has 4 unspecified atom stereocenters. The molecule has 0 aromatic carbocycles. The minimum Gasteiger partial charge on any atom is -0.310 e. The van der Waals surface area contributed by atoms with E-state index in [1.807, 2.05) is 11.3 Å². The van der Waals surface area contributed by atoms with Crippen LogP contribution in [-0.2, 0) is 0 Å². The van der Waals surface area contributed by atoms with E-state index in [0.717, 1.165) is 24.3 Å². The maximum absolute atomic E-state index is 3.72. The zero-order valence-corrected chi connectivity index (χ0v) is 12.4. The fourth-order valence-electron chi connectivity index (χ4n) is 4.29. The standard InChI is InChI=1S/C16H25NS/c1-3-17-16(15-6-7-18-11(15)2)10-14-9-12-4-5-13(14)8-12/h6-7,12-14,16-17H,3-5,8-10H2,1-2H3. The number of hydrogen-bond donors (Lipinski definition) is 1. The van der Waals surface area contributed by atoms with Crippen LogP contribution in [0, 0.1) is 24.7 Å². The molecule has 100 valence electrons. The molecule has 0 spiro atoms. The first-order chi connectivity index (χ1) is 8.78. The molecule has 18 heavy (non-hydrogen) atoms. The number of aryl methyl sites for hydroxylation is 1. The number of rotatable bonds is 5. The van der Waals surface area contributed by atoms with Crippen LogP contribution in [0.1, 0.15) is 55.5 Å². The SMILES string of the molecule is CCNC(CC1CC2CCC1C2)c1ccsc1C. The summed E-state index contributed by atoms with van der Waals surface area (Å²) in [4.78, 5) is 1.50. The zero-order chi connectivity index (χ0) is 12.5. The highest BCUT2D eigenvalue weighted by Gasteiger charge is 2.40. The van der Waals surface area contributed by atoms with Gasteiger partial charge in [-0.2, -0.15) is 0 Å². The van der Waals surface area contributed by atoms with Gasteiger partial charge in [-0.3, -0.25) is 0 Å². The Kier molecular flexibility index (Phi) is 3.76. The van der Waals surface area contributed by atoms with Crippen LogP contribution in [0.3, 0.4) is 0 Å². The summed E-state index contributed by atoms with van der Waals surface area (Å²) in [7, 11) is 0. The fourth-order valence-corrected chi connectivity index (χ4v) is 5.06. The van der Waals surface area contributed by atoms with Crippen molar-refractivity contribution in [1.82, 2.24) is 5.32 Å². The molecular weight excluding hydrogens is 238 g/mol. The molecule has 2 aliphatic rings. The minimum absolute atomic E-state index is 0.602. The molecule has 0 amide bonds. The third-order valence-corrected chi connectivity index (χ3v) is 6.01. The van der Waals surface area contributed by atoms with Crippen molar-refractivity contribution in [2.75, 3.05) is 6.54 Å². The molecule has 2 bridgehead atoms. The lowest BCUT2D eigenvalue weighted by Gasteiger charge is -2.27. The van der Waals surface area contributed by atoms with Gasteiger partial charge in [-0.1, -0.05) is 13.3 Å². The Bertz CT molecular complexity index is 398. The van der Waals surface area contributed by atoms with Gasteiger partial charge in [-0.05, 0) is 73.9 Å². The minimum atomic E-state index is 0.602. The maximum atomic E-state index is 3.72. The third kappa shape index (κ3) is 2.37. The van der Waals surface area contributed by atoms with Gasteiger partial charge in [0.2, 0.25) is 0 Å². The lowest BCUT2D eigenvalue weighted by molar-refractivity contribution is 0.280. The average molecular weight is 263 g/mol. The summed E-state index contributed by atoms with van der Waals surface area (Å²) in [6, 6.07) is 2.94. The Morgan fingerprint density at radius 2 is 2.28 bits per heavy atom. The van der Waals surface area contributed by atoms with E-state index in [1.54, 1.807) is 5.56 Å². The van der Waals surface area contributed by atoms with Gasteiger partial charge in [0, 0.05) is 10.9 Å². The summed E-state index contributed by atoms with van der Waals surface area (Å²) >= 11 is 1.89. The fraction of sp³-hybridized carbons (Fsp3) is 0.750. The third-order valence-electron chi connectivity index (χ3n) is 5.15. The van der Waals surface area contributed by atoms with Crippen LogP contribution in [0.25, 0.3) is 0 Å². The van der Waals surface area contributed by atoms with Crippen LogP contribution in [0.2, 0.25) is 0 Å². The quantitative estimate of drug-likeness (QED) is 0.823. The molecule has 0 radical (unpaired) electrons.